The van der Waals surface area contributed by atoms with Crippen molar-refractivity contribution in [1.29, 1.82) is 0 Å². The van der Waals surface area contributed by atoms with Gasteiger partial charge in [0.05, 0.1) is 6.54 Å². The van der Waals surface area contributed by atoms with E-state index in [0.717, 1.165) is 10.3 Å². The van der Waals surface area contributed by atoms with Crippen LogP contribution in [-0.4, -0.2) is 29.2 Å². The predicted octanol–water partition coefficient (Wildman–Crippen LogP) is 2.91. The monoisotopic (exact) mass is 334 g/mol. The van der Waals surface area contributed by atoms with Crippen LogP contribution in [0.2, 0.25) is 0 Å². The Morgan fingerprint density at radius 3 is 2.52 bits per heavy atom. The van der Waals surface area contributed by atoms with E-state index in [1.165, 1.54) is 0 Å². The molecule has 6 nitrogen and oxygen atoms in total. The topological polar surface area (TPSA) is 79.6 Å². The highest BCUT2D eigenvalue weighted by molar-refractivity contribution is 6.09. The van der Waals surface area contributed by atoms with E-state index in [9.17, 15) is 14.4 Å². The molecule has 4 rings (SSSR count). The van der Waals surface area contributed by atoms with Crippen molar-refractivity contribution in [2.24, 2.45) is 0 Å². The minimum absolute atomic E-state index is 0.130. The zero-order valence-corrected chi connectivity index (χ0v) is 13.1. The van der Waals surface area contributed by atoms with Crippen molar-refractivity contribution in [1.82, 2.24) is 10.2 Å². The molecule has 1 fully saturated rings. The van der Waals surface area contributed by atoms with Gasteiger partial charge in [0.2, 0.25) is 5.78 Å². The van der Waals surface area contributed by atoms with Crippen LogP contribution in [0.5, 0.6) is 0 Å². The molecular weight excluding hydrogens is 320 g/mol. The number of urea groups is 1. The van der Waals surface area contributed by atoms with Crippen molar-refractivity contribution in [2.45, 2.75) is 6.04 Å². The molecule has 0 bridgehead atoms. The number of carbonyl (C=O) groups excluding carboxylic acids is 3. The quantitative estimate of drug-likeness (QED) is 0.588. The van der Waals surface area contributed by atoms with E-state index in [2.05, 4.69) is 5.32 Å². The zero-order valence-electron chi connectivity index (χ0n) is 13.1. The van der Waals surface area contributed by atoms with Gasteiger partial charge in [-0.3, -0.25) is 14.5 Å². The van der Waals surface area contributed by atoms with Gasteiger partial charge in [-0.05, 0) is 17.7 Å². The first-order valence-corrected chi connectivity index (χ1v) is 7.82. The number of benzene rings is 2. The molecule has 0 spiro atoms. The molecule has 0 aliphatic carbocycles. The maximum Gasteiger partial charge on any atom is 0.325 e. The van der Waals surface area contributed by atoms with Gasteiger partial charge in [-0.1, -0.05) is 48.5 Å². The molecule has 0 saturated carbocycles. The highest BCUT2D eigenvalue weighted by Gasteiger charge is 2.40. The number of nitrogens with one attached hydrogen (secondary N) is 1. The molecule has 1 unspecified atom stereocenters. The molecule has 25 heavy (non-hydrogen) atoms. The van der Waals surface area contributed by atoms with Crippen LogP contribution in [-0.2, 0) is 4.79 Å². The van der Waals surface area contributed by atoms with Crippen LogP contribution in [0, 0.1) is 0 Å². The zero-order chi connectivity index (χ0) is 17.4. The Balaban J connectivity index is 1.54. The van der Waals surface area contributed by atoms with Crippen LogP contribution in [0.3, 0.4) is 0 Å². The number of imide groups is 1. The standard InChI is InChI=1S/C19H14N2O4/c22-14(16-10-13-8-4-5-9-15(13)25-16)11-21-18(23)17(20-19(21)24)12-6-2-1-3-7-12/h1-10,17H,11H2,(H,20,24). The number of carbonyl (C=O) groups is 3. The van der Waals surface area contributed by atoms with Gasteiger partial charge in [0.25, 0.3) is 5.91 Å². The molecule has 1 aliphatic rings. The Hall–Kier alpha value is -3.41. The van der Waals surface area contributed by atoms with Crippen LogP contribution in [0.4, 0.5) is 4.79 Å². The van der Waals surface area contributed by atoms with Gasteiger partial charge in [-0.2, -0.15) is 0 Å². The third-order valence-electron chi connectivity index (χ3n) is 4.16. The molecule has 3 aromatic rings. The van der Waals surface area contributed by atoms with Crippen molar-refractivity contribution < 1.29 is 18.8 Å². The Labute approximate surface area is 143 Å². The largest absolute Gasteiger partial charge is 0.453 e. The molecule has 124 valence electrons. The summed E-state index contributed by atoms with van der Waals surface area (Å²) in [7, 11) is 0. The number of nitrogens with zero attached hydrogens (tertiary/aromatic N) is 1. The molecule has 1 N–H and O–H groups in total. The molecular formula is C19H14N2O4. The van der Waals surface area contributed by atoms with Crippen molar-refractivity contribution >= 4 is 28.7 Å². The van der Waals surface area contributed by atoms with E-state index in [1.807, 2.05) is 24.3 Å². The van der Waals surface area contributed by atoms with E-state index in [0.29, 0.717) is 11.1 Å². The first-order valence-electron chi connectivity index (χ1n) is 7.82. The lowest BCUT2D eigenvalue weighted by molar-refractivity contribution is -0.127. The third kappa shape index (κ3) is 2.67. The Bertz CT molecular complexity index is 944. The average molecular weight is 334 g/mol. The Morgan fingerprint density at radius 1 is 1.04 bits per heavy atom. The number of rotatable bonds is 4. The Kier molecular flexibility index (Phi) is 3.57. The number of ketones is 1. The third-order valence-corrected chi connectivity index (χ3v) is 4.16. The van der Waals surface area contributed by atoms with Crippen molar-refractivity contribution in [3.8, 4) is 0 Å². The summed E-state index contributed by atoms with van der Waals surface area (Å²) >= 11 is 0. The van der Waals surface area contributed by atoms with E-state index in [1.54, 1.807) is 36.4 Å². The number of para-hydroxylation sites is 1. The summed E-state index contributed by atoms with van der Waals surface area (Å²) in [5.74, 6) is -0.737. The molecule has 1 atom stereocenters. The van der Waals surface area contributed by atoms with Crippen LogP contribution < -0.4 is 5.32 Å². The summed E-state index contributed by atoms with van der Waals surface area (Å²) in [6.07, 6.45) is 0. The van der Waals surface area contributed by atoms with Crippen LogP contribution >= 0.6 is 0 Å². The number of amides is 3. The van der Waals surface area contributed by atoms with Gasteiger partial charge < -0.3 is 9.73 Å². The van der Waals surface area contributed by atoms with Gasteiger partial charge in [0.15, 0.2) is 5.76 Å². The molecule has 2 heterocycles. The summed E-state index contributed by atoms with van der Waals surface area (Å²) in [4.78, 5) is 38.0. The molecule has 1 aromatic heterocycles. The molecule has 2 aromatic carbocycles. The predicted molar refractivity (Wildman–Crippen MR) is 90.0 cm³/mol. The summed E-state index contributed by atoms with van der Waals surface area (Å²) in [5, 5.41) is 3.40. The summed E-state index contributed by atoms with van der Waals surface area (Å²) in [6.45, 7) is -0.353. The molecule has 6 heteroatoms. The van der Waals surface area contributed by atoms with Crippen LogP contribution in [0.1, 0.15) is 22.2 Å². The number of fused-ring (bicyclic) bond motifs is 1. The number of furan rings is 1. The minimum Gasteiger partial charge on any atom is -0.453 e. The first-order chi connectivity index (χ1) is 12.1. The Morgan fingerprint density at radius 2 is 1.76 bits per heavy atom. The van der Waals surface area contributed by atoms with E-state index >= 15 is 0 Å². The lowest BCUT2D eigenvalue weighted by Gasteiger charge is -2.11. The highest BCUT2D eigenvalue weighted by Crippen LogP contribution is 2.23. The second kappa shape index (κ2) is 5.90. The van der Waals surface area contributed by atoms with Gasteiger partial charge in [0, 0.05) is 5.39 Å². The van der Waals surface area contributed by atoms with Gasteiger partial charge in [-0.15, -0.1) is 0 Å². The summed E-state index contributed by atoms with van der Waals surface area (Å²) in [6, 6.07) is 16.4. The molecule has 3 amide bonds. The SMILES string of the molecule is O=C(CN1C(=O)NC(c2ccccc2)C1=O)c1cc2ccccc2o1. The lowest BCUT2D eigenvalue weighted by atomic mass is 10.1. The van der Waals surface area contributed by atoms with Gasteiger partial charge >= 0.3 is 6.03 Å². The lowest BCUT2D eigenvalue weighted by Crippen LogP contribution is -2.35. The maximum atomic E-state index is 12.5. The first kappa shape index (κ1) is 15.1. The minimum atomic E-state index is -0.767. The van der Waals surface area contributed by atoms with E-state index in [4.69, 9.17) is 4.42 Å². The van der Waals surface area contributed by atoms with Crippen molar-refractivity contribution in [3.05, 3.63) is 72.0 Å². The molecule has 0 radical (unpaired) electrons. The fourth-order valence-electron chi connectivity index (χ4n) is 2.88. The number of Topliss-reactive ketones (excluding diaryl/α,β-unsaturated/α-hetero) is 1. The van der Waals surface area contributed by atoms with E-state index in [-0.39, 0.29) is 12.3 Å². The highest BCUT2D eigenvalue weighted by atomic mass is 16.3. The number of hydrogen-bond donors (Lipinski definition) is 1. The summed E-state index contributed by atoms with van der Waals surface area (Å²) < 4.78 is 5.50. The second-order valence-electron chi connectivity index (χ2n) is 5.79. The van der Waals surface area contributed by atoms with E-state index < -0.39 is 23.8 Å². The average Bonchev–Trinajstić information content (AvgIpc) is 3.19. The normalized spacial score (nSPS) is 17.1. The van der Waals surface area contributed by atoms with Crippen molar-refractivity contribution in [2.75, 3.05) is 6.54 Å². The van der Waals surface area contributed by atoms with Gasteiger partial charge in [0.1, 0.15) is 11.6 Å². The molecule has 1 aliphatic heterocycles. The van der Waals surface area contributed by atoms with Crippen LogP contribution in [0.15, 0.2) is 65.1 Å². The number of hydrogen-bond acceptors (Lipinski definition) is 4. The van der Waals surface area contributed by atoms with Crippen LogP contribution in [0.25, 0.3) is 11.0 Å². The smallest absolute Gasteiger partial charge is 0.325 e. The van der Waals surface area contributed by atoms with Crippen molar-refractivity contribution in [3.63, 3.8) is 0 Å². The molecule has 1 saturated heterocycles. The second-order valence-corrected chi connectivity index (χ2v) is 5.79. The fourth-order valence-corrected chi connectivity index (χ4v) is 2.88. The maximum absolute atomic E-state index is 12.5. The fraction of sp³-hybridized carbons (Fsp3) is 0.105. The van der Waals surface area contributed by atoms with Gasteiger partial charge in [-0.25, -0.2) is 4.79 Å². The summed E-state index contributed by atoms with van der Waals surface area (Å²) in [5.41, 5.74) is 1.27.